The summed E-state index contributed by atoms with van der Waals surface area (Å²) in [6.45, 7) is 3.96. The molecule has 4 nitrogen and oxygen atoms in total. The predicted octanol–water partition coefficient (Wildman–Crippen LogP) is 3.05. The topological polar surface area (TPSA) is 46.9 Å². The van der Waals surface area contributed by atoms with E-state index in [0.29, 0.717) is 10.2 Å². The summed E-state index contributed by atoms with van der Waals surface area (Å²) in [5, 5.41) is 6.93. The minimum absolute atomic E-state index is 0.171. The number of aromatic nitrogens is 2. The van der Waals surface area contributed by atoms with Crippen LogP contribution < -0.4 is 5.32 Å². The maximum absolute atomic E-state index is 12.2. The van der Waals surface area contributed by atoms with Crippen LogP contribution in [0.5, 0.6) is 0 Å². The SMILES string of the molecule is Cc1ccc(C)c(NC(=O)c2c(Br)cnn2C)c1. The first kappa shape index (κ1) is 12.8. The van der Waals surface area contributed by atoms with E-state index in [1.807, 2.05) is 32.0 Å². The predicted molar refractivity (Wildman–Crippen MR) is 74.8 cm³/mol. The van der Waals surface area contributed by atoms with E-state index in [1.54, 1.807) is 17.9 Å². The molecule has 0 spiro atoms. The second-order valence-corrected chi connectivity index (χ2v) is 5.09. The highest BCUT2D eigenvalue weighted by atomic mass is 79.9. The molecule has 0 fully saturated rings. The first-order chi connectivity index (χ1) is 8.49. The van der Waals surface area contributed by atoms with Gasteiger partial charge in [-0.3, -0.25) is 9.48 Å². The van der Waals surface area contributed by atoms with E-state index >= 15 is 0 Å². The van der Waals surface area contributed by atoms with Crippen molar-refractivity contribution in [3.05, 3.63) is 45.7 Å². The van der Waals surface area contributed by atoms with Gasteiger partial charge in [-0.25, -0.2) is 0 Å². The fourth-order valence-corrected chi connectivity index (χ4v) is 2.25. The van der Waals surface area contributed by atoms with E-state index in [2.05, 4.69) is 26.3 Å². The Kier molecular flexibility index (Phi) is 3.52. The van der Waals surface area contributed by atoms with Gasteiger partial charge >= 0.3 is 0 Å². The minimum Gasteiger partial charge on any atom is -0.320 e. The molecule has 0 unspecified atom stereocenters. The highest BCUT2D eigenvalue weighted by Crippen LogP contribution is 2.20. The zero-order chi connectivity index (χ0) is 13.3. The highest BCUT2D eigenvalue weighted by molar-refractivity contribution is 9.10. The summed E-state index contributed by atoms with van der Waals surface area (Å²) in [6.07, 6.45) is 1.61. The molecule has 5 heteroatoms. The normalized spacial score (nSPS) is 10.4. The standard InChI is InChI=1S/C13H14BrN3O/c1-8-4-5-9(2)11(6-8)16-13(18)12-10(14)7-15-17(12)3/h4-7H,1-3H3,(H,16,18). The number of rotatable bonds is 2. The van der Waals surface area contributed by atoms with Crippen molar-refractivity contribution in [2.45, 2.75) is 13.8 Å². The van der Waals surface area contributed by atoms with Crippen LogP contribution in [-0.4, -0.2) is 15.7 Å². The number of nitrogens with one attached hydrogen (secondary N) is 1. The summed E-state index contributed by atoms with van der Waals surface area (Å²) in [4.78, 5) is 12.2. The third-order valence-electron chi connectivity index (χ3n) is 2.75. The Bertz CT molecular complexity index is 585. The molecule has 1 amide bonds. The first-order valence-electron chi connectivity index (χ1n) is 5.55. The zero-order valence-electron chi connectivity index (χ0n) is 10.5. The van der Waals surface area contributed by atoms with Gasteiger partial charge in [-0.05, 0) is 47.0 Å². The molecular formula is C13H14BrN3O. The molecule has 1 heterocycles. The van der Waals surface area contributed by atoms with Crippen molar-refractivity contribution in [2.24, 2.45) is 7.05 Å². The maximum atomic E-state index is 12.2. The van der Waals surface area contributed by atoms with E-state index < -0.39 is 0 Å². The minimum atomic E-state index is -0.171. The quantitative estimate of drug-likeness (QED) is 0.927. The van der Waals surface area contributed by atoms with Gasteiger partial charge in [0.15, 0.2) is 0 Å². The molecule has 94 valence electrons. The van der Waals surface area contributed by atoms with Crippen LogP contribution in [0.4, 0.5) is 5.69 Å². The van der Waals surface area contributed by atoms with Gasteiger partial charge in [-0.15, -0.1) is 0 Å². The van der Waals surface area contributed by atoms with Crippen molar-refractivity contribution in [2.75, 3.05) is 5.32 Å². The number of carbonyl (C=O) groups is 1. The Morgan fingerprint density at radius 3 is 2.72 bits per heavy atom. The first-order valence-corrected chi connectivity index (χ1v) is 6.34. The van der Waals surface area contributed by atoms with Crippen LogP contribution in [0.15, 0.2) is 28.9 Å². The number of nitrogens with zero attached hydrogens (tertiary/aromatic N) is 2. The van der Waals surface area contributed by atoms with Crippen LogP contribution in [0, 0.1) is 13.8 Å². The van der Waals surface area contributed by atoms with Crippen molar-refractivity contribution in [1.29, 1.82) is 0 Å². The second-order valence-electron chi connectivity index (χ2n) is 4.24. The summed E-state index contributed by atoms with van der Waals surface area (Å²) in [7, 11) is 1.74. The maximum Gasteiger partial charge on any atom is 0.275 e. The summed E-state index contributed by atoms with van der Waals surface area (Å²) in [6, 6.07) is 5.96. The van der Waals surface area contributed by atoms with Gasteiger partial charge in [-0.1, -0.05) is 12.1 Å². The number of hydrogen-bond acceptors (Lipinski definition) is 2. The van der Waals surface area contributed by atoms with Gasteiger partial charge in [0.2, 0.25) is 0 Å². The van der Waals surface area contributed by atoms with Crippen molar-refractivity contribution in [1.82, 2.24) is 9.78 Å². The van der Waals surface area contributed by atoms with Gasteiger partial charge in [0.05, 0.1) is 10.7 Å². The molecule has 18 heavy (non-hydrogen) atoms. The molecule has 0 aliphatic rings. The summed E-state index contributed by atoms with van der Waals surface area (Å²) in [5.74, 6) is -0.171. The highest BCUT2D eigenvalue weighted by Gasteiger charge is 2.15. The van der Waals surface area contributed by atoms with Crippen LogP contribution in [-0.2, 0) is 7.05 Å². The monoisotopic (exact) mass is 307 g/mol. The Hall–Kier alpha value is -1.62. The molecule has 1 N–H and O–H groups in total. The van der Waals surface area contributed by atoms with Crippen LogP contribution >= 0.6 is 15.9 Å². The zero-order valence-corrected chi connectivity index (χ0v) is 12.1. The molecule has 2 rings (SSSR count). The molecule has 0 bridgehead atoms. The average molecular weight is 308 g/mol. The van der Waals surface area contributed by atoms with Crippen LogP contribution in [0.1, 0.15) is 21.6 Å². The lowest BCUT2D eigenvalue weighted by Gasteiger charge is -2.09. The Morgan fingerprint density at radius 2 is 2.11 bits per heavy atom. The Balaban J connectivity index is 2.30. The molecule has 0 aliphatic heterocycles. The summed E-state index contributed by atoms with van der Waals surface area (Å²) < 4.78 is 2.23. The van der Waals surface area contributed by atoms with E-state index in [1.165, 1.54) is 0 Å². The van der Waals surface area contributed by atoms with Gasteiger partial charge in [0.25, 0.3) is 5.91 Å². The van der Waals surface area contributed by atoms with Crippen molar-refractivity contribution in [3.8, 4) is 0 Å². The second kappa shape index (κ2) is 4.94. The number of hydrogen-bond donors (Lipinski definition) is 1. The molecule has 1 aromatic carbocycles. The number of benzene rings is 1. The molecule has 1 aromatic heterocycles. The third kappa shape index (κ3) is 2.46. The lowest BCUT2D eigenvalue weighted by Crippen LogP contribution is -2.17. The molecule has 0 saturated carbocycles. The smallest absolute Gasteiger partial charge is 0.275 e. The third-order valence-corrected chi connectivity index (χ3v) is 3.33. The lowest BCUT2D eigenvalue weighted by atomic mass is 10.1. The molecule has 0 atom stereocenters. The molecule has 0 saturated heterocycles. The lowest BCUT2D eigenvalue weighted by molar-refractivity contribution is 0.101. The van der Waals surface area contributed by atoms with E-state index in [4.69, 9.17) is 0 Å². The molecular weight excluding hydrogens is 294 g/mol. The molecule has 0 radical (unpaired) electrons. The van der Waals surface area contributed by atoms with Gasteiger partial charge in [-0.2, -0.15) is 5.10 Å². The Morgan fingerprint density at radius 1 is 1.39 bits per heavy atom. The molecule has 0 aliphatic carbocycles. The van der Waals surface area contributed by atoms with E-state index in [9.17, 15) is 4.79 Å². The van der Waals surface area contributed by atoms with Crippen molar-refractivity contribution >= 4 is 27.5 Å². The number of aryl methyl sites for hydroxylation is 3. The van der Waals surface area contributed by atoms with E-state index in [-0.39, 0.29) is 5.91 Å². The average Bonchev–Trinajstić information content (AvgIpc) is 2.63. The van der Waals surface area contributed by atoms with Crippen LogP contribution in [0.25, 0.3) is 0 Å². The van der Waals surface area contributed by atoms with Gasteiger partial charge < -0.3 is 5.32 Å². The fourth-order valence-electron chi connectivity index (χ4n) is 1.72. The van der Waals surface area contributed by atoms with Crippen molar-refractivity contribution < 1.29 is 4.79 Å². The number of amides is 1. The van der Waals surface area contributed by atoms with Crippen LogP contribution in [0.3, 0.4) is 0 Å². The van der Waals surface area contributed by atoms with Crippen molar-refractivity contribution in [3.63, 3.8) is 0 Å². The number of carbonyl (C=O) groups excluding carboxylic acids is 1. The number of anilines is 1. The fraction of sp³-hybridized carbons (Fsp3) is 0.231. The largest absolute Gasteiger partial charge is 0.320 e. The van der Waals surface area contributed by atoms with Gasteiger partial charge in [0, 0.05) is 12.7 Å². The van der Waals surface area contributed by atoms with Gasteiger partial charge in [0.1, 0.15) is 5.69 Å². The number of halogens is 1. The summed E-state index contributed by atoms with van der Waals surface area (Å²) in [5.41, 5.74) is 3.48. The Labute approximate surface area is 114 Å². The summed E-state index contributed by atoms with van der Waals surface area (Å²) >= 11 is 3.32. The van der Waals surface area contributed by atoms with Crippen LogP contribution in [0.2, 0.25) is 0 Å². The van der Waals surface area contributed by atoms with E-state index in [0.717, 1.165) is 16.8 Å². The molecule has 2 aromatic rings.